The number of carbonyl (C=O) groups excluding carboxylic acids is 1. The molecule has 10 heteroatoms. The van der Waals surface area contributed by atoms with Crippen molar-refractivity contribution in [2.24, 2.45) is 0 Å². The van der Waals surface area contributed by atoms with E-state index in [9.17, 15) is 13.6 Å². The van der Waals surface area contributed by atoms with Crippen molar-refractivity contribution in [2.45, 2.75) is 6.61 Å². The third kappa shape index (κ3) is 3.37. The molecule has 1 heterocycles. The zero-order valence-electron chi connectivity index (χ0n) is 12.0. The van der Waals surface area contributed by atoms with E-state index in [2.05, 4.69) is 41.3 Å². The zero-order chi connectivity index (χ0) is 18.0. The van der Waals surface area contributed by atoms with E-state index >= 15 is 0 Å². The first-order valence-corrected chi connectivity index (χ1v) is 7.82. The van der Waals surface area contributed by atoms with E-state index in [0.29, 0.717) is 14.6 Å². The van der Waals surface area contributed by atoms with Crippen LogP contribution < -0.4 is 10.5 Å². The monoisotopic (exact) mass is 463 g/mol. The number of nitrogens with two attached hydrogens (primary N) is 1. The van der Waals surface area contributed by atoms with Gasteiger partial charge in [-0.1, -0.05) is 0 Å². The van der Waals surface area contributed by atoms with Crippen molar-refractivity contribution in [1.82, 2.24) is 4.57 Å². The minimum Gasteiger partial charge on any atom is -0.464 e. The Morgan fingerprint density at radius 2 is 1.96 bits per heavy atom. The molecule has 0 saturated carbocycles. The molecule has 2 rings (SSSR count). The molecule has 0 saturated heterocycles. The molecule has 0 aliphatic rings. The van der Waals surface area contributed by atoms with E-state index in [4.69, 9.17) is 11.0 Å². The van der Waals surface area contributed by atoms with Gasteiger partial charge in [-0.2, -0.15) is 14.0 Å². The minimum atomic E-state index is -2.98. The van der Waals surface area contributed by atoms with Gasteiger partial charge in [0, 0.05) is 15.1 Å². The maximum Gasteiger partial charge on any atom is 0.387 e. The third-order valence-corrected chi connectivity index (χ3v) is 4.21. The highest BCUT2D eigenvalue weighted by atomic mass is 79.9. The summed E-state index contributed by atoms with van der Waals surface area (Å²) < 4.78 is 35.7. The Morgan fingerprint density at radius 1 is 1.38 bits per heavy atom. The minimum absolute atomic E-state index is 0.0453. The number of benzene rings is 1. The summed E-state index contributed by atoms with van der Waals surface area (Å²) in [6.45, 7) is -2.98. The molecule has 0 fully saturated rings. The largest absolute Gasteiger partial charge is 0.464 e. The maximum absolute atomic E-state index is 12.4. The lowest BCUT2D eigenvalue weighted by molar-refractivity contribution is -0.0499. The predicted molar refractivity (Wildman–Crippen MR) is 88.3 cm³/mol. The van der Waals surface area contributed by atoms with E-state index < -0.39 is 12.6 Å². The van der Waals surface area contributed by atoms with Crippen LogP contribution >= 0.6 is 31.9 Å². The van der Waals surface area contributed by atoms with Crippen molar-refractivity contribution in [3.05, 3.63) is 38.5 Å². The number of nitriles is 1. The summed E-state index contributed by atoms with van der Waals surface area (Å²) in [5.74, 6) is -0.839. The Bertz CT molecular complexity index is 824. The lowest BCUT2D eigenvalue weighted by Gasteiger charge is -2.14. The van der Waals surface area contributed by atoms with Crippen LogP contribution in [0.5, 0.6) is 5.75 Å². The van der Waals surface area contributed by atoms with E-state index in [1.54, 1.807) is 0 Å². The second-order valence-corrected chi connectivity index (χ2v) is 6.10. The smallest absolute Gasteiger partial charge is 0.387 e. The van der Waals surface area contributed by atoms with Gasteiger partial charge in [0.15, 0.2) is 5.69 Å². The fourth-order valence-corrected chi connectivity index (χ4v) is 3.56. The molecular weight excluding hydrogens is 456 g/mol. The summed E-state index contributed by atoms with van der Waals surface area (Å²) in [6.07, 6.45) is 1.35. The number of hydrogen-bond acceptors (Lipinski definition) is 5. The van der Waals surface area contributed by atoms with Gasteiger partial charge in [-0.15, -0.1) is 0 Å². The van der Waals surface area contributed by atoms with Crippen LogP contribution in [-0.4, -0.2) is 24.3 Å². The molecule has 0 spiro atoms. The molecule has 1 aromatic heterocycles. The third-order valence-electron chi connectivity index (χ3n) is 3.00. The van der Waals surface area contributed by atoms with Crippen LogP contribution in [0.3, 0.4) is 0 Å². The number of ether oxygens (including phenoxy) is 2. The van der Waals surface area contributed by atoms with Gasteiger partial charge in [0.05, 0.1) is 24.0 Å². The Hall–Kier alpha value is -2.12. The molecule has 0 aliphatic heterocycles. The number of alkyl halides is 2. The van der Waals surface area contributed by atoms with Crippen LogP contribution in [0, 0.1) is 11.3 Å². The maximum atomic E-state index is 12.4. The van der Waals surface area contributed by atoms with Gasteiger partial charge >= 0.3 is 12.6 Å². The van der Waals surface area contributed by atoms with Gasteiger partial charge in [0.1, 0.15) is 11.8 Å². The van der Waals surface area contributed by atoms with Gasteiger partial charge in [0.2, 0.25) is 0 Å². The lowest BCUT2D eigenvalue weighted by atomic mass is 10.2. The fourth-order valence-electron chi connectivity index (χ4n) is 2.03. The molecule has 0 aliphatic carbocycles. The SMILES string of the molecule is COC(=O)c1c(N)c(C#N)cn1-c1c(Br)cc(OC(F)F)cc1Br. The summed E-state index contributed by atoms with van der Waals surface area (Å²) in [4.78, 5) is 12.0. The first-order valence-electron chi connectivity index (χ1n) is 6.23. The molecule has 2 N–H and O–H groups in total. The average Bonchev–Trinajstić information content (AvgIpc) is 2.81. The Kier molecular flexibility index (Phi) is 5.46. The van der Waals surface area contributed by atoms with Gasteiger partial charge in [-0.3, -0.25) is 0 Å². The highest BCUT2D eigenvalue weighted by Crippen LogP contribution is 2.37. The fraction of sp³-hybridized carbons (Fsp3) is 0.143. The summed E-state index contributed by atoms with van der Waals surface area (Å²) >= 11 is 6.47. The van der Waals surface area contributed by atoms with Crippen molar-refractivity contribution in [2.75, 3.05) is 12.8 Å². The van der Waals surface area contributed by atoms with Crippen LogP contribution in [0.4, 0.5) is 14.5 Å². The molecule has 1 aromatic carbocycles. The Morgan fingerprint density at radius 3 is 2.42 bits per heavy atom. The topological polar surface area (TPSA) is 90.3 Å². The molecule has 24 heavy (non-hydrogen) atoms. The summed E-state index contributed by atoms with van der Waals surface area (Å²) in [5, 5.41) is 9.12. The molecule has 126 valence electrons. The van der Waals surface area contributed by atoms with Crippen molar-refractivity contribution in [1.29, 1.82) is 5.26 Å². The average molecular weight is 465 g/mol. The number of hydrogen-bond donors (Lipinski definition) is 1. The van der Waals surface area contributed by atoms with Gasteiger partial charge in [-0.05, 0) is 44.0 Å². The normalized spacial score (nSPS) is 10.5. The van der Waals surface area contributed by atoms with Crippen molar-refractivity contribution in [3.63, 3.8) is 0 Å². The number of nitrogen functional groups attached to an aromatic ring is 1. The van der Waals surface area contributed by atoms with Crippen LogP contribution in [0.25, 0.3) is 5.69 Å². The lowest BCUT2D eigenvalue weighted by Crippen LogP contribution is -2.12. The highest BCUT2D eigenvalue weighted by Gasteiger charge is 2.24. The van der Waals surface area contributed by atoms with Crippen LogP contribution in [0.1, 0.15) is 16.1 Å². The molecule has 0 amide bonds. The number of halogens is 4. The Labute approximate surface area is 152 Å². The quantitative estimate of drug-likeness (QED) is 0.694. The van der Waals surface area contributed by atoms with E-state index in [-0.39, 0.29) is 22.7 Å². The molecule has 0 unspecified atom stereocenters. The van der Waals surface area contributed by atoms with Gasteiger partial charge < -0.3 is 19.8 Å². The second-order valence-electron chi connectivity index (χ2n) is 4.39. The zero-order valence-corrected chi connectivity index (χ0v) is 15.2. The number of carbonyl (C=O) groups is 1. The molecule has 0 radical (unpaired) electrons. The first kappa shape index (κ1) is 18.2. The first-order chi connectivity index (χ1) is 11.3. The molecule has 2 aromatic rings. The number of aromatic nitrogens is 1. The van der Waals surface area contributed by atoms with E-state index in [0.717, 1.165) is 0 Å². The van der Waals surface area contributed by atoms with Crippen LogP contribution in [0.2, 0.25) is 0 Å². The summed E-state index contributed by atoms with van der Waals surface area (Å²) in [6, 6.07) is 4.48. The predicted octanol–water partition coefficient (Wildman–Crippen LogP) is 3.84. The van der Waals surface area contributed by atoms with Crippen LogP contribution in [-0.2, 0) is 4.74 Å². The van der Waals surface area contributed by atoms with E-state index in [1.807, 2.05) is 6.07 Å². The number of methoxy groups -OCH3 is 1. The highest BCUT2D eigenvalue weighted by molar-refractivity contribution is 9.11. The molecular formula is C14H9Br2F2N3O3. The van der Waals surface area contributed by atoms with Crippen molar-refractivity contribution in [3.8, 4) is 17.5 Å². The number of anilines is 1. The molecule has 6 nitrogen and oxygen atoms in total. The molecule has 0 atom stereocenters. The number of nitrogens with zero attached hydrogens (tertiary/aromatic N) is 2. The van der Waals surface area contributed by atoms with Gasteiger partial charge in [0.25, 0.3) is 0 Å². The van der Waals surface area contributed by atoms with Crippen molar-refractivity contribution >= 4 is 43.5 Å². The Balaban J connectivity index is 2.69. The van der Waals surface area contributed by atoms with Crippen molar-refractivity contribution < 1.29 is 23.0 Å². The van der Waals surface area contributed by atoms with E-state index in [1.165, 1.54) is 30.0 Å². The van der Waals surface area contributed by atoms with Crippen LogP contribution in [0.15, 0.2) is 27.3 Å². The summed E-state index contributed by atoms with van der Waals surface area (Å²) in [5.41, 5.74) is 6.16. The standard InChI is InChI=1S/C14H9Br2F2N3O3/c1-23-13(22)12-10(20)6(4-19)5-21(12)11-8(15)2-7(3-9(11)16)24-14(17)18/h2-3,5,14H,20H2,1H3. The van der Waals surface area contributed by atoms with Gasteiger partial charge in [-0.25, -0.2) is 4.79 Å². The number of rotatable bonds is 4. The molecule has 0 bridgehead atoms. The summed E-state index contributed by atoms with van der Waals surface area (Å²) in [7, 11) is 1.18. The second kappa shape index (κ2) is 7.19. The number of esters is 1.